The maximum absolute atomic E-state index is 10.7. The number of nitrogens with one attached hydrogen (secondary N) is 1. The summed E-state index contributed by atoms with van der Waals surface area (Å²) >= 11 is 0. The Kier molecular flexibility index (Phi) is 3.87. The highest BCUT2D eigenvalue weighted by molar-refractivity contribution is 5.75. The van der Waals surface area contributed by atoms with E-state index in [1.165, 1.54) is 13.4 Å². The Morgan fingerprint density at radius 3 is 2.88 bits per heavy atom. The first-order valence-electron chi connectivity index (χ1n) is 4.74. The molecule has 1 amide bonds. The van der Waals surface area contributed by atoms with Gasteiger partial charge in [-0.15, -0.1) is 0 Å². The van der Waals surface area contributed by atoms with Crippen molar-refractivity contribution in [1.82, 2.24) is 9.97 Å². The monoisotopic (exact) mass is 225 g/mol. The van der Waals surface area contributed by atoms with Gasteiger partial charge in [-0.2, -0.15) is 0 Å². The van der Waals surface area contributed by atoms with Gasteiger partial charge in [-0.1, -0.05) is 0 Å². The van der Waals surface area contributed by atoms with E-state index < -0.39 is 0 Å². The molecule has 0 saturated heterocycles. The molecule has 1 aromatic rings. The number of hydrogen-bond donors (Lipinski definition) is 3. The minimum atomic E-state index is -0.388. The standard InChI is InChI=1S/C9H15N5O2/c1-5(3-6(10)15)14-9-7(16-2)8(11)12-4-13-9/h4-5H,3H2,1-2H3,(H2,10,15)(H3,11,12,13,14). The van der Waals surface area contributed by atoms with Gasteiger partial charge in [0.1, 0.15) is 6.33 Å². The van der Waals surface area contributed by atoms with E-state index in [1.807, 2.05) is 6.92 Å². The fraction of sp³-hybridized carbons (Fsp3) is 0.444. The molecule has 0 aliphatic carbocycles. The van der Waals surface area contributed by atoms with Crippen molar-refractivity contribution in [2.24, 2.45) is 5.73 Å². The van der Waals surface area contributed by atoms with Crippen LogP contribution in [0.1, 0.15) is 13.3 Å². The molecule has 0 radical (unpaired) electrons. The number of nitrogens with zero attached hydrogens (tertiary/aromatic N) is 2. The molecular weight excluding hydrogens is 210 g/mol. The Balaban J connectivity index is 2.80. The minimum absolute atomic E-state index is 0.152. The predicted molar refractivity (Wildman–Crippen MR) is 59.9 cm³/mol. The normalized spacial score (nSPS) is 11.9. The third-order valence-corrected chi connectivity index (χ3v) is 1.93. The van der Waals surface area contributed by atoms with E-state index in [4.69, 9.17) is 16.2 Å². The lowest BCUT2D eigenvalue weighted by molar-refractivity contribution is -0.118. The summed E-state index contributed by atoms with van der Waals surface area (Å²) in [5.74, 6) is 0.662. The molecule has 1 aromatic heterocycles. The molecule has 5 N–H and O–H groups in total. The van der Waals surface area contributed by atoms with Crippen LogP contribution in [0.2, 0.25) is 0 Å². The number of primary amides is 1. The Hall–Kier alpha value is -2.05. The van der Waals surface area contributed by atoms with Crippen molar-refractivity contribution in [2.75, 3.05) is 18.2 Å². The summed E-state index contributed by atoms with van der Waals surface area (Å²) in [4.78, 5) is 18.5. The second kappa shape index (κ2) is 5.15. The van der Waals surface area contributed by atoms with E-state index in [1.54, 1.807) is 0 Å². The number of nitrogen functional groups attached to an aromatic ring is 1. The molecule has 0 aliphatic heterocycles. The molecule has 0 spiro atoms. The molecule has 0 aromatic carbocycles. The first-order chi connectivity index (χ1) is 7.54. The SMILES string of the molecule is COc1c(N)ncnc1NC(C)CC(N)=O. The zero-order valence-electron chi connectivity index (χ0n) is 9.23. The van der Waals surface area contributed by atoms with Crippen LogP contribution in [0.5, 0.6) is 5.75 Å². The summed E-state index contributed by atoms with van der Waals surface area (Å²) < 4.78 is 5.05. The van der Waals surface area contributed by atoms with Crippen LogP contribution in [-0.4, -0.2) is 29.0 Å². The van der Waals surface area contributed by atoms with Gasteiger partial charge in [-0.25, -0.2) is 9.97 Å². The Morgan fingerprint density at radius 1 is 1.62 bits per heavy atom. The molecule has 0 aliphatic rings. The second-order valence-corrected chi connectivity index (χ2v) is 3.36. The van der Waals surface area contributed by atoms with E-state index in [0.717, 1.165) is 0 Å². The highest BCUT2D eigenvalue weighted by Gasteiger charge is 2.13. The van der Waals surface area contributed by atoms with E-state index in [2.05, 4.69) is 15.3 Å². The lowest BCUT2D eigenvalue weighted by atomic mass is 10.2. The quantitative estimate of drug-likeness (QED) is 0.636. The number of nitrogens with two attached hydrogens (primary N) is 2. The minimum Gasteiger partial charge on any atom is -0.490 e. The average Bonchev–Trinajstić information content (AvgIpc) is 2.16. The van der Waals surface area contributed by atoms with Crippen molar-refractivity contribution in [3.63, 3.8) is 0 Å². The Bertz CT molecular complexity index is 382. The van der Waals surface area contributed by atoms with E-state index in [9.17, 15) is 4.79 Å². The Labute approximate surface area is 93.2 Å². The molecule has 88 valence electrons. The fourth-order valence-electron chi connectivity index (χ4n) is 1.28. The third-order valence-electron chi connectivity index (χ3n) is 1.93. The van der Waals surface area contributed by atoms with Gasteiger partial charge in [0.2, 0.25) is 11.7 Å². The number of aromatic nitrogens is 2. The van der Waals surface area contributed by atoms with Crippen LogP contribution in [-0.2, 0) is 4.79 Å². The summed E-state index contributed by atoms with van der Waals surface area (Å²) in [5, 5.41) is 2.98. The first kappa shape index (κ1) is 12.0. The molecule has 1 heterocycles. The molecule has 0 fully saturated rings. The van der Waals surface area contributed by atoms with Gasteiger partial charge < -0.3 is 21.5 Å². The summed E-state index contributed by atoms with van der Waals surface area (Å²) in [5.41, 5.74) is 10.7. The van der Waals surface area contributed by atoms with Gasteiger partial charge in [0.25, 0.3) is 0 Å². The molecule has 1 atom stereocenters. The van der Waals surface area contributed by atoms with Crippen molar-refractivity contribution >= 4 is 17.5 Å². The van der Waals surface area contributed by atoms with Crippen molar-refractivity contribution in [1.29, 1.82) is 0 Å². The fourth-order valence-corrected chi connectivity index (χ4v) is 1.28. The number of anilines is 2. The van der Waals surface area contributed by atoms with Crippen LogP contribution < -0.4 is 21.5 Å². The smallest absolute Gasteiger partial charge is 0.219 e. The van der Waals surface area contributed by atoms with Crippen LogP contribution in [0.25, 0.3) is 0 Å². The van der Waals surface area contributed by atoms with Crippen molar-refractivity contribution in [3.05, 3.63) is 6.33 Å². The maximum Gasteiger partial charge on any atom is 0.219 e. The third kappa shape index (κ3) is 2.97. The second-order valence-electron chi connectivity index (χ2n) is 3.36. The molecule has 1 rings (SSSR count). The van der Waals surface area contributed by atoms with Gasteiger partial charge in [0, 0.05) is 12.5 Å². The van der Waals surface area contributed by atoms with E-state index >= 15 is 0 Å². The predicted octanol–water partition coefficient (Wildman–Crippen LogP) is -0.257. The van der Waals surface area contributed by atoms with Crippen LogP contribution in [0, 0.1) is 0 Å². The highest BCUT2D eigenvalue weighted by atomic mass is 16.5. The van der Waals surface area contributed by atoms with Gasteiger partial charge in [-0.05, 0) is 6.92 Å². The Morgan fingerprint density at radius 2 is 2.31 bits per heavy atom. The van der Waals surface area contributed by atoms with E-state index in [0.29, 0.717) is 11.6 Å². The van der Waals surface area contributed by atoms with Gasteiger partial charge in [0.15, 0.2) is 11.6 Å². The maximum atomic E-state index is 10.7. The largest absolute Gasteiger partial charge is 0.490 e. The zero-order chi connectivity index (χ0) is 12.1. The molecule has 0 saturated carbocycles. The molecule has 16 heavy (non-hydrogen) atoms. The summed E-state index contributed by atoms with van der Waals surface area (Å²) in [6, 6.07) is -0.152. The molecular formula is C9H15N5O2. The van der Waals surface area contributed by atoms with Gasteiger partial charge in [0.05, 0.1) is 7.11 Å². The zero-order valence-corrected chi connectivity index (χ0v) is 9.23. The van der Waals surface area contributed by atoms with Gasteiger partial charge in [-0.3, -0.25) is 4.79 Å². The number of hydrogen-bond acceptors (Lipinski definition) is 6. The van der Waals surface area contributed by atoms with Crippen molar-refractivity contribution in [2.45, 2.75) is 19.4 Å². The molecule has 1 unspecified atom stereocenters. The summed E-state index contributed by atoms with van der Waals surface area (Å²) in [6.07, 6.45) is 1.52. The number of carbonyl (C=O) groups is 1. The highest BCUT2D eigenvalue weighted by Crippen LogP contribution is 2.26. The first-order valence-corrected chi connectivity index (χ1v) is 4.74. The van der Waals surface area contributed by atoms with Gasteiger partial charge >= 0.3 is 0 Å². The number of carbonyl (C=O) groups excluding carboxylic acids is 1. The van der Waals surface area contributed by atoms with Crippen molar-refractivity contribution in [3.8, 4) is 5.75 Å². The number of amides is 1. The molecule has 0 bridgehead atoms. The summed E-state index contributed by atoms with van der Waals surface area (Å²) in [7, 11) is 1.47. The van der Waals surface area contributed by atoms with Crippen LogP contribution in [0.4, 0.5) is 11.6 Å². The number of rotatable bonds is 5. The average molecular weight is 225 g/mol. The number of ether oxygens (including phenoxy) is 1. The topological polar surface area (TPSA) is 116 Å². The van der Waals surface area contributed by atoms with Crippen LogP contribution in [0.15, 0.2) is 6.33 Å². The lowest BCUT2D eigenvalue weighted by Crippen LogP contribution is -2.24. The van der Waals surface area contributed by atoms with E-state index in [-0.39, 0.29) is 24.2 Å². The lowest BCUT2D eigenvalue weighted by Gasteiger charge is -2.15. The van der Waals surface area contributed by atoms with Crippen molar-refractivity contribution < 1.29 is 9.53 Å². The number of methoxy groups -OCH3 is 1. The molecule has 7 nitrogen and oxygen atoms in total. The van der Waals surface area contributed by atoms with Crippen LogP contribution in [0.3, 0.4) is 0 Å². The van der Waals surface area contributed by atoms with Crippen LogP contribution >= 0.6 is 0 Å². The molecule has 7 heteroatoms. The summed E-state index contributed by atoms with van der Waals surface area (Å²) in [6.45, 7) is 1.81.